The third-order valence-corrected chi connectivity index (χ3v) is 5.47. The summed E-state index contributed by atoms with van der Waals surface area (Å²) >= 11 is 0. The fraction of sp³-hybridized carbons (Fsp3) is 0.333. The average molecular weight is 397 g/mol. The number of hydrogen-bond donors (Lipinski definition) is 3. The molecule has 2 amide bonds. The standard InChI is InChI=1S/C21H24FN5O2/c1-13-18(10-16-15-9-14(22)3-4-17(15)25-21(16)29)23-11-19(13)24-20(28)12-27-7-5-26(2)6-8-27/h3-4,9-11,23H,5-8,12H2,1-2H3,(H,24,28)(H,25,29)/b16-10-. The van der Waals surface area contributed by atoms with Crippen molar-refractivity contribution in [3.63, 3.8) is 0 Å². The van der Waals surface area contributed by atoms with Gasteiger partial charge in [0, 0.05) is 49.3 Å². The van der Waals surface area contributed by atoms with Crippen molar-refractivity contribution in [2.45, 2.75) is 6.92 Å². The summed E-state index contributed by atoms with van der Waals surface area (Å²) in [5.74, 6) is -0.742. The third kappa shape index (κ3) is 4.08. The smallest absolute Gasteiger partial charge is 0.256 e. The van der Waals surface area contributed by atoms with Crippen LogP contribution in [0.15, 0.2) is 24.4 Å². The molecule has 3 N–H and O–H groups in total. The van der Waals surface area contributed by atoms with Gasteiger partial charge in [-0.3, -0.25) is 14.5 Å². The number of rotatable bonds is 4. The molecule has 1 aromatic heterocycles. The van der Waals surface area contributed by atoms with E-state index in [4.69, 9.17) is 0 Å². The number of likely N-dealkylation sites (N-methyl/N-ethyl adjacent to an activating group) is 1. The topological polar surface area (TPSA) is 80.5 Å². The Balaban J connectivity index is 1.48. The predicted octanol–water partition coefficient (Wildman–Crippen LogP) is 2.14. The van der Waals surface area contributed by atoms with E-state index in [1.54, 1.807) is 18.3 Å². The van der Waals surface area contributed by atoms with E-state index in [2.05, 4.69) is 32.5 Å². The number of H-pyrrole nitrogens is 1. The Kier molecular flexibility index (Phi) is 5.21. The minimum atomic E-state index is -0.397. The molecule has 0 atom stereocenters. The number of carbonyl (C=O) groups excluding carboxylic acids is 2. The minimum Gasteiger partial charge on any atom is -0.360 e. The molecule has 1 fully saturated rings. The third-order valence-electron chi connectivity index (χ3n) is 5.47. The molecule has 29 heavy (non-hydrogen) atoms. The van der Waals surface area contributed by atoms with Gasteiger partial charge in [-0.15, -0.1) is 0 Å². The number of aromatic nitrogens is 1. The Morgan fingerprint density at radius 3 is 2.79 bits per heavy atom. The van der Waals surface area contributed by atoms with Gasteiger partial charge >= 0.3 is 0 Å². The molecule has 0 bridgehead atoms. The number of amides is 2. The molecule has 7 nitrogen and oxygen atoms in total. The van der Waals surface area contributed by atoms with Gasteiger partial charge in [-0.1, -0.05) is 0 Å². The Bertz CT molecular complexity index is 989. The van der Waals surface area contributed by atoms with Crippen LogP contribution in [0.3, 0.4) is 0 Å². The van der Waals surface area contributed by atoms with Gasteiger partial charge in [0.2, 0.25) is 5.91 Å². The van der Waals surface area contributed by atoms with Gasteiger partial charge < -0.3 is 20.5 Å². The summed E-state index contributed by atoms with van der Waals surface area (Å²) in [4.78, 5) is 32.2. The van der Waals surface area contributed by atoms with Crippen molar-refractivity contribution in [2.75, 3.05) is 50.4 Å². The summed E-state index contributed by atoms with van der Waals surface area (Å²) in [5, 5.41) is 5.67. The summed E-state index contributed by atoms with van der Waals surface area (Å²) in [6, 6.07) is 4.21. The van der Waals surface area contributed by atoms with E-state index in [1.165, 1.54) is 12.1 Å². The van der Waals surface area contributed by atoms with E-state index in [1.807, 2.05) is 6.92 Å². The first-order chi connectivity index (χ1) is 13.9. The van der Waals surface area contributed by atoms with Gasteiger partial charge in [-0.05, 0) is 43.8 Å². The van der Waals surface area contributed by atoms with E-state index in [0.717, 1.165) is 31.7 Å². The Morgan fingerprint density at radius 2 is 2.03 bits per heavy atom. The van der Waals surface area contributed by atoms with Crippen LogP contribution in [0.4, 0.5) is 15.8 Å². The molecule has 2 aliphatic rings. The van der Waals surface area contributed by atoms with Crippen LogP contribution < -0.4 is 10.6 Å². The number of aromatic amines is 1. The molecular weight excluding hydrogens is 373 g/mol. The summed E-state index contributed by atoms with van der Waals surface area (Å²) < 4.78 is 13.6. The second-order valence-corrected chi connectivity index (χ2v) is 7.57. The van der Waals surface area contributed by atoms with Crippen LogP contribution in [0.25, 0.3) is 11.6 Å². The molecule has 8 heteroatoms. The molecular formula is C21H24FN5O2. The summed E-state index contributed by atoms with van der Waals surface area (Å²) in [6.07, 6.45) is 3.40. The van der Waals surface area contributed by atoms with Crippen LogP contribution in [-0.4, -0.2) is 66.4 Å². The van der Waals surface area contributed by atoms with Crippen LogP contribution in [0.2, 0.25) is 0 Å². The molecule has 0 radical (unpaired) electrons. The molecule has 4 rings (SSSR count). The van der Waals surface area contributed by atoms with Crippen molar-refractivity contribution >= 4 is 34.8 Å². The quantitative estimate of drug-likeness (QED) is 0.691. The predicted molar refractivity (Wildman–Crippen MR) is 111 cm³/mol. The normalized spacial score (nSPS) is 18.7. The van der Waals surface area contributed by atoms with E-state index in [0.29, 0.717) is 34.8 Å². The highest BCUT2D eigenvalue weighted by Crippen LogP contribution is 2.34. The summed E-state index contributed by atoms with van der Waals surface area (Å²) in [7, 11) is 2.08. The number of halogens is 1. The van der Waals surface area contributed by atoms with Crippen molar-refractivity contribution in [1.82, 2.24) is 14.8 Å². The van der Waals surface area contributed by atoms with Crippen molar-refractivity contribution in [3.05, 3.63) is 47.0 Å². The van der Waals surface area contributed by atoms with Gasteiger partial charge in [0.05, 0.1) is 17.8 Å². The van der Waals surface area contributed by atoms with Crippen LogP contribution in [-0.2, 0) is 9.59 Å². The Hall–Kier alpha value is -2.97. The SMILES string of the molecule is Cc1c(NC(=O)CN2CCN(C)CC2)c[nH]c1/C=C1\C(=O)Nc2ccc(F)cc21. The largest absolute Gasteiger partial charge is 0.360 e. The molecule has 152 valence electrons. The number of hydrogen-bond acceptors (Lipinski definition) is 4. The zero-order chi connectivity index (χ0) is 20.5. The monoisotopic (exact) mass is 397 g/mol. The molecule has 0 spiro atoms. The molecule has 1 saturated heterocycles. The minimum absolute atomic E-state index is 0.0677. The van der Waals surface area contributed by atoms with Crippen LogP contribution in [0.1, 0.15) is 16.8 Å². The van der Waals surface area contributed by atoms with Gasteiger partial charge in [0.15, 0.2) is 0 Å². The van der Waals surface area contributed by atoms with Crippen molar-refractivity contribution < 1.29 is 14.0 Å². The summed E-state index contributed by atoms with van der Waals surface area (Å²) in [5.41, 5.74) is 3.70. The van der Waals surface area contributed by atoms with Crippen molar-refractivity contribution in [1.29, 1.82) is 0 Å². The number of nitrogens with zero attached hydrogens (tertiary/aromatic N) is 2. The summed E-state index contributed by atoms with van der Waals surface area (Å²) in [6.45, 7) is 5.88. The highest BCUT2D eigenvalue weighted by atomic mass is 19.1. The first-order valence-electron chi connectivity index (χ1n) is 9.62. The highest BCUT2D eigenvalue weighted by molar-refractivity contribution is 6.34. The Morgan fingerprint density at radius 1 is 1.28 bits per heavy atom. The van der Waals surface area contributed by atoms with Gasteiger partial charge in [0.1, 0.15) is 5.82 Å². The fourth-order valence-electron chi connectivity index (χ4n) is 3.64. The lowest BCUT2D eigenvalue weighted by molar-refractivity contribution is -0.117. The maximum absolute atomic E-state index is 13.6. The van der Waals surface area contributed by atoms with Crippen molar-refractivity contribution in [2.24, 2.45) is 0 Å². The number of nitrogens with one attached hydrogen (secondary N) is 3. The van der Waals surface area contributed by atoms with Gasteiger partial charge in [0.25, 0.3) is 5.91 Å². The highest BCUT2D eigenvalue weighted by Gasteiger charge is 2.25. The Labute approximate surface area is 168 Å². The molecule has 3 heterocycles. The van der Waals surface area contributed by atoms with Crippen LogP contribution in [0.5, 0.6) is 0 Å². The molecule has 2 aliphatic heterocycles. The van der Waals surface area contributed by atoms with E-state index < -0.39 is 5.82 Å². The number of piperazine rings is 1. The number of benzene rings is 1. The lowest BCUT2D eigenvalue weighted by Crippen LogP contribution is -2.47. The molecule has 2 aromatic rings. The zero-order valence-corrected chi connectivity index (χ0v) is 16.5. The maximum Gasteiger partial charge on any atom is 0.256 e. The van der Waals surface area contributed by atoms with Gasteiger partial charge in [-0.2, -0.15) is 0 Å². The zero-order valence-electron chi connectivity index (χ0n) is 16.5. The second-order valence-electron chi connectivity index (χ2n) is 7.57. The first kappa shape index (κ1) is 19.4. The molecule has 0 saturated carbocycles. The van der Waals surface area contributed by atoms with E-state index in [-0.39, 0.29) is 11.8 Å². The maximum atomic E-state index is 13.6. The lowest BCUT2D eigenvalue weighted by Gasteiger charge is -2.31. The van der Waals surface area contributed by atoms with Crippen molar-refractivity contribution in [3.8, 4) is 0 Å². The average Bonchev–Trinajstić information content (AvgIpc) is 3.18. The fourth-order valence-corrected chi connectivity index (χ4v) is 3.64. The number of anilines is 2. The molecule has 0 aliphatic carbocycles. The molecule has 1 aromatic carbocycles. The second kappa shape index (κ2) is 7.81. The number of carbonyl (C=O) groups is 2. The van der Waals surface area contributed by atoms with Crippen LogP contribution in [0, 0.1) is 12.7 Å². The number of fused-ring (bicyclic) bond motifs is 1. The first-order valence-corrected chi connectivity index (χ1v) is 9.62. The van der Waals surface area contributed by atoms with Crippen LogP contribution >= 0.6 is 0 Å². The van der Waals surface area contributed by atoms with Gasteiger partial charge in [-0.25, -0.2) is 4.39 Å². The van der Waals surface area contributed by atoms with E-state index in [9.17, 15) is 14.0 Å². The lowest BCUT2D eigenvalue weighted by atomic mass is 10.0. The molecule has 0 unspecified atom stereocenters. The van der Waals surface area contributed by atoms with E-state index >= 15 is 0 Å².